The van der Waals surface area contributed by atoms with Gasteiger partial charge >= 0.3 is 6.18 Å². The van der Waals surface area contributed by atoms with Gasteiger partial charge in [-0.05, 0) is 22.8 Å². The molecule has 0 atom stereocenters. The molecule has 2 N–H and O–H groups in total. The molecule has 5 heteroatoms. The standard InChI is InChI=1S/C13H11F3N2/c14-13(15,16)12-6-11(10(7-17)8-18-12)9-4-2-1-3-5-9/h1-6,8H,7,17H2. The molecule has 0 spiro atoms. The number of aromatic nitrogens is 1. The minimum Gasteiger partial charge on any atom is -0.326 e. The number of nitrogens with two attached hydrogens (primary N) is 1. The van der Waals surface area contributed by atoms with Crippen LogP contribution in [0.4, 0.5) is 13.2 Å². The van der Waals surface area contributed by atoms with Crippen molar-refractivity contribution in [2.75, 3.05) is 0 Å². The summed E-state index contributed by atoms with van der Waals surface area (Å²) in [6.45, 7) is 0.148. The molecule has 0 aliphatic carbocycles. The molecule has 2 nitrogen and oxygen atoms in total. The molecule has 18 heavy (non-hydrogen) atoms. The van der Waals surface area contributed by atoms with Crippen molar-refractivity contribution in [1.82, 2.24) is 4.98 Å². The number of hydrogen-bond acceptors (Lipinski definition) is 2. The quantitative estimate of drug-likeness (QED) is 0.891. The number of nitrogens with zero attached hydrogens (tertiary/aromatic N) is 1. The number of pyridine rings is 1. The molecule has 0 radical (unpaired) electrons. The van der Waals surface area contributed by atoms with Crippen LogP contribution in [0.5, 0.6) is 0 Å². The van der Waals surface area contributed by atoms with Gasteiger partial charge in [0.05, 0.1) is 0 Å². The number of halogens is 3. The number of benzene rings is 1. The molecule has 94 valence electrons. The first-order valence-corrected chi connectivity index (χ1v) is 5.34. The van der Waals surface area contributed by atoms with Crippen molar-refractivity contribution in [3.63, 3.8) is 0 Å². The second kappa shape index (κ2) is 4.78. The Kier molecular flexibility index (Phi) is 3.34. The highest BCUT2D eigenvalue weighted by atomic mass is 19.4. The summed E-state index contributed by atoms with van der Waals surface area (Å²) < 4.78 is 37.9. The zero-order valence-electron chi connectivity index (χ0n) is 9.41. The molecule has 0 bridgehead atoms. The highest BCUT2D eigenvalue weighted by molar-refractivity contribution is 5.67. The summed E-state index contributed by atoms with van der Waals surface area (Å²) >= 11 is 0. The second-order valence-electron chi connectivity index (χ2n) is 3.79. The van der Waals surface area contributed by atoms with Crippen LogP contribution in [0.25, 0.3) is 11.1 Å². The van der Waals surface area contributed by atoms with E-state index in [9.17, 15) is 13.2 Å². The van der Waals surface area contributed by atoms with E-state index in [1.807, 2.05) is 0 Å². The summed E-state index contributed by atoms with van der Waals surface area (Å²) in [5.41, 5.74) is 6.39. The van der Waals surface area contributed by atoms with Crippen LogP contribution in [0, 0.1) is 0 Å². The van der Waals surface area contributed by atoms with Gasteiger partial charge in [-0.2, -0.15) is 13.2 Å². The van der Waals surface area contributed by atoms with Crippen molar-refractivity contribution < 1.29 is 13.2 Å². The monoisotopic (exact) mass is 252 g/mol. The normalized spacial score (nSPS) is 11.6. The molecule has 0 saturated carbocycles. The van der Waals surface area contributed by atoms with Crippen LogP contribution in [-0.2, 0) is 12.7 Å². The molecule has 0 aliphatic heterocycles. The minimum atomic E-state index is -4.45. The van der Waals surface area contributed by atoms with E-state index in [4.69, 9.17) is 5.73 Å². The maximum absolute atomic E-state index is 12.6. The van der Waals surface area contributed by atoms with Gasteiger partial charge in [0.25, 0.3) is 0 Å². The maximum Gasteiger partial charge on any atom is 0.433 e. The Morgan fingerprint density at radius 2 is 1.78 bits per heavy atom. The summed E-state index contributed by atoms with van der Waals surface area (Å²) in [5, 5.41) is 0. The second-order valence-corrected chi connectivity index (χ2v) is 3.79. The van der Waals surface area contributed by atoms with E-state index < -0.39 is 11.9 Å². The maximum atomic E-state index is 12.6. The van der Waals surface area contributed by atoms with E-state index in [-0.39, 0.29) is 6.54 Å². The van der Waals surface area contributed by atoms with Crippen molar-refractivity contribution in [2.45, 2.75) is 12.7 Å². The van der Waals surface area contributed by atoms with Crippen LogP contribution < -0.4 is 5.73 Å². The summed E-state index contributed by atoms with van der Waals surface area (Å²) in [7, 11) is 0. The third-order valence-corrected chi connectivity index (χ3v) is 2.58. The smallest absolute Gasteiger partial charge is 0.326 e. The molecule has 2 aromatic rings. The lowest BCUT2D eigenvalue weighted by atomic mass is 10.0. The Hall–Kier alpha value is -1.88. The summed E-state index contributed by atoms with van der Waals surface area (Å²) in [6, 6.07) is 9.87. The predicted octanol–water partition coefficient (Wildman–Crippen LogP) is 3.23. The fraction of sp³-hybridized carbons (Fsp3) is 0.154. The van der Waals surface area contributed by atoms with Gasteiger partial charge in [-0.15, -0.1) is 0 Å². The van der Waals surface area contributed by atoms with Crippen LogP contribution >= 0.6 is 0 Å². The Morgan fingerprint density at radius 3 is 2.33 bits per heavy atom. The van der Waals surface area contributed by atoms with Crippen LogP contribution in [0.2, 0.25) is 0 Å². The van der Waals surface area contributed by atoms with Crippen molar-refractivity contribution >= 4 is 0 Å². The molecule has 0 aliphatic rings. The lowest BCUT2D eigenvalue weighted by Crippen LogP contribution is -2.10. The van der Waals surface area contributed by atoms with Gasteiger partial charge in [-0.25, -0.2) is 0 Å². The molecule has 1 aromatic heterocycles. The van der Waals surface area contributed by atoms with Crippen molar-refractivity contribution in [3.8, 4) is 11.1 Å². The van der Waals surface area contributed by atoms with E-state index in [1.54, 1.807) is 30.3 Å². The van der Waals surface area contributed by atoms with Crippen LogP contribution in [0.3, 0.4) is 0 Å². The van der Waals surface area contributed by atoms with Crippen LogP contribution in [0.15, 0.2) is 42.6 Å². The van der Waals surface area contributed by atoms with Gasteiger partial charge < -0.3 is 5.73 Å². The van der Waals surface area contributed by atoms with Crippen LogP contribution in [-0.4, -0.2) is 4.98 Å². The van der Waals surface area contributed by atoms with Crippen LogP contribution in [0.1, 0.15) is 11.3 Å². The Morgan fingerprint density at radius 1 is 1.11 bits per heavy atom. The first-order valence-electron chi connectivity index (χ1n) is 5.34. The number of hydrogen-bond donors (Lipinski definition) is 1. The van der Waals surface area contributed by atoms with Gasteiger partial charge in [0.15, 0.2) is 0 Å². The third kappa shape index (κ3) is 2.51. The van der Waals surface area contributed by atoms with Crippen molar-refractivity contribution in [2.24, 2.45) is 5.73 Å². The fourth-order valence-electron chi connectivity index (χ4n) is 1.69. The first-order chi connectivity index (χ1) is 8.52. The molecule has 0 unspecified atom stereocenters. The fourth-order valence-corrected chi connectivity index (χ4v) is 1.69. The third-order valence-electron chi connectivity index (χ3n) is 2.58. The molecule has 0 saturated heterocycles. The number of alkyl halides is 3. The Bertz CT molecular complexity index is 536. The molecule has 2 rings (SSSR count). The van der Waals surface area contributed by atoms with E-state index in [1.165, 1.54) is 6.20 Å². The average Bonchev–Trinajstić information content (AvgIpc) is 2.38. The summed E-state index contributed by atoms with van der Waals surface area (Å²) in [5.74, 6) is 0. The highest BCUT2D eigenvalue weighted by Gasteiger charge is 2.33. The van der Waals surface area contributed by atoms with Gasteiger partial charge in [0.2, 0.25) is 0 Å². The summed E-state index contributed by atoms with van der Waals surface area (Å²) in [6.07, 6.45) is -3.26. The first kappa shape index (κ1) is 12.6. The van der Waals surface area contributed by atoms with Gasteiger partial charge in [-0.1, -0.05) is 30.3 Å². The zero-order valence-corrected chi connectivity index (χ0v) is 9.41. The van der Waals surface area contributed by atoms with Gasteiger partial charge in [-0.3, -0.25) is 4.98 Å². The SMILES string of the molecule is NCc1cnc(C(F)(F)F)cc1-c1ccccc1. The zero-order chi connectivity index (χ0) is 13.2. The molecule has 0 amide bonds. The molecular formula is C13H11F3N2. The van der Waals surface area contributed by atoms with Crippen molar-refractivity contribution in [1.29, 1.82) is 0 Å². The lowest BCUT2D eigenvalue weighted by Gasteiger charge is -2.11. The summed E-state index contributed by atoms with van der Waals surface area (Å²) in [4.78, 5) is 3.40. The van der Waals surface area contributed by atoms with E-state index in [2.05, 4.69) is 4.98 Å². The van der Waals surface area contributed by atoms with E-state index in [0.29, 0.717) is 16.7 Å². The lowest BCUT2D eigenvalue weighted by molar-refractivity contribution is -0.141. The van der Waals surface area contributed by atoms with E-state index >= 15 is 0 Å². The molecule has 0 fully saturated rings. The average molecular weight is 252 g/mol. The predicted molar refractivity (Wildman–Crippen MR) is 62.6 cm³/mol. The van der Waals surface area contributed by atoms with Gasteiger partial charge in [0, 0.05) is 12.7 Å². The molecule has 1 heterocycles. The Labute approximate surface area is 102 Å². The topological polar surface area (TPSA) is 38.9 Å². The highest BCUT2D eigenvalue weighted by Crippen LogP contribution is 2.32. The molecule has 1 aromatic carbocycles. The van der Waals surface area contributed by atoms with Gasteiger partial charge in [0.1, 0.15) is 5.69 Å². The largest absolute Gasteiger partial charge is 0.433 e. The minimum absolute atomic E-state index is 0.148. The van der Waals surface area contributed by atoms with E-state index in [0.717, 1.165) is 6.07 Å². The van der Waals surface area contributed by atoms with Crippen molar-refractivity contribution in [3.05, 3.63) is 53.9 Å². The molecular weight excluding hydrogens is 241 g/mol. The Balaban J connectivity index is 2.57. The number of rotatable bonds is 2.